The number of hydrogen-bond donors (Lipinski definition) is 1. The van der Waals surface area contributed by atoms with Crippen molar-refractivity contribution in [2.45, 2.75) is 19.4 Å². The normalized spacial score (nSPS) is 11.7. The molecule has 0 saturated heterocycles. The first-order chi connectivity index (χ1) is 11.4. The van der Waals surface area contributed by atoms with Crippen LogP contribution < -0.4 is 5.32 Å². The smallest absolute Gasteiger partial charge is 0.311 e. The van der Waals surface area contributed by atoms with E-state index in [1.54, 1.807) is 12.1 Å². The van der Waals surface area contributed by atoms with Gasteiger partial charge in [0.2, 0.25) is 0 Å². The van der Waals surface area contributed by atoms with Crippen molar-refractivity contribution in [2.24, 2.45) is 0 Å². The summed E-state index contributed by atoms with van der Waals surface area (Å²) in [4.78, 5) is 23.8. The van der Waals surface area contributed by atoms with E-state index in [0.29, 0.717) is 4.47 Å². The first-order valence-electron chi connectivity index (χ1n) is 7.05. The second kappa shape index (κ2) is 8.01. The van der Waals surface area contributed by atoms with Gasteiger partial charge in [0.25, 0.3) is 5.91 Å². The van der Waals surface area contributed by atoms with Crippen LogP contribution in [0, 0.1) is 11.6 Å². The Morgan fingerprint density at radius 2 is 1.88 bits per heavy atom. The van der Waals surface area contributed by atoms with Gasteiger partial charge in [0.1, 0.15) is 11.6 Å². The molecular weight excluding hydrogens is 384 g/mol. The van der Waals surface area contributed by atoms with Crippen molar-refractivity contribution in [3.63, 3.8) is 0 Å². The van der Waals surface area contributed by atoms with Gasteiger partial charge in [-0.05, 0) is 36.8 Å². The Hall–Kier alpha value is -2.28. The Kier molecular flexibility index (Phi) is 6.03. The van der Waals surface area contributed by atoms with Crippen LogP contribution in [0.4, 0.5) is 14.5 Å². The zero-order chi connectivity index (χ0) is 17.7. The van der Waals surface area contributed by atoms with Crippen LogP contribution in [0.2, 0.25) is 0 Å². The van der Waals surface area contributed by atoms with E-state index in [1.807, 2.05) is 0 Å². The lowest BCUT2D eigenvalue weighted by atomic mass is 10.1. The maximum atomic E-state index is 13.7. The standard InChI is InChI=1S/C17H14BrF2NO3/c1-10(17(23)21-15-7-6-12(18)9-14(15)20)24-16(22)8-11-4-2-3-5-13(11)19/h2-7,9-10H,8H2,1H3,(H,21,23)/t10-/m0/s1. The highest BCUT2D eigenvalue weighted by Crippen LogP contribution is 2.19. The summed E-state index contributed by atoms with van der Waals surface area (Å²) in [5, 5.41) is 2.33. The van der Waals surface area contributed by atoms with E-state index in [1.165, 1.54) is 37.3 Å². The summed E-state index contributed by atoms with van der Waals surface area (Å²) in [6.07, 6.45) is -1.44. The molecule has 0 bridgehead atoms. The van der Waals surface area contributed by atoms with Crippen LogP contribution in [0.3, 0.4) is 0 Å². The molecule has 0 spiro atoms. The van der Waals surface area contributed by atoms with Crippen LogP contribution in [0.25, 0.3) is 0 Å². The molecule has 24 heavy (non-hydrogen) atoms. The molecule has 126 valence electrons. The van der Waals surface area contributed by atoms with Crippen LogP contribution in [0.5, 0.6) is 0 Å². The summed E-state index contributed by atoms with van der Waals surface area (Å²) >= 11 is 3.11. The van der Waals surface area contributed by atoms with Crippen LogP contribution in [0.1, 0.15) is 12.5 Å². The number of nitrogens with one attached hydrogen (secondary N) is 1. The minimum Gasteiger partial charge on any atom is -0.452 e. The summed E-state index contributed by atoms with van der Waals surface area (Å²) in [6.45, 7) is 1.35. The Labute approximate surface area is 145 Å². The van der Waals surface area contributed by atoms with E-state index in [-0.39, 0.29) is 17.7 Å². The third-order valence-electron chi connectivity index (χ3n) is 3.16. The third-order valence-corrected chi connectivity index (χ3v) is 3.65. The molecule has 0 aliphatic carbocycles. The monoisotopic (exact) mass is 397 g/mol. The number of rotatable bonds is 5. The van der Waals surface area contributed by atoms with E-state index >= 15 is 0 Å². The van der Waals surface area contributed by atoms with Crippen molar-refractivity contribution in [1.29, 1.82) is 0 Å². The van der Waals surface area contributed by atoms with Gasteiger partial charge >= 0.3 is 5.97 Å². The van der Waals surface area contributed by atoms with Gasteiger partial charge in [-0.25, -0.2) is 8.78 Å². The quantitative estimate of drug-likeness (QED) is 0.779. The molecule has 1 amide bonds. The number of anilines is 1. The van der Waals surface area contributed by atoms with Gasteiger partial charge in [-0.3, -0.25) is 9.59 Å². The molecule has 2 aromatic carbocycles. The zero-order valence-corrected chi connectivity index (χ0v) is 14.3. The maximum absolute atomic E-state index is 13.7. The lowest BCUT2D eigenvalue weighted by Crippen LogP contribution is -2.30. The molecule has 0 saturated carbocycles. The Morgan fingerprint density at radius 3 is 2.54 bits per heavy atom. The largest absolute Gasteiger partial charge is 0.452 e. The Balaban J connectivity index is 1.93. The lowest BCUT2D eigenvalue weighted by molar-refractivity contribution is -0.152. The molecule has 1 N–H and O–H groups in total. The summed E-state index contributed by atoms with van der Waals surface area (Å²) < 4.78 is 32.6. The van der Waals surface area contributed by atoms with Gasteiger partial charge < -0.3 is 10.1 Å². The van der Waals surface area contributed by atoms with Gasteiger partial charge in [-0.1, -0.05) is 34.1 Å². The lowest BCUT2D eigenvalue weighted by Gasteiger charge is -2.14. The fourth-order valence-electron chi connectivity index (χ4n) is 1.91. The molecular formula is C17H14BrF2NO3. The summed E-state index contributed by atoms with van der Waals surface area (Å²) in [5.74, 6) is -2.58. The van der Waals surface area contributed by atoms with Crippen LogP contribution in [0.15, 0.2) is 46.9 Å². The van der Waals surface area contributed by atoms with Gasteiger partial charge in [-0.2, -0.15) is 0 Å². The molecule has 0 aliphatic heterocycles. The minimum atomic E-state index is -1.15. The topological polar surface area (TPSA) is 55.4 Å². The molecule has 0 aromatic heterocycles. The molecule has 0 aliphatic rings. The molecule has 2 aromatic rings. The molecule has 0 heterocycles. The van der Waals surface area contributed by atoms with Crippen molar-refractivity contribution in [3.05, 3.63) is 64.1 Å². The number of amides is 1. The summed E-state index contributed by atoms with van der Waals surface area (Å²) in [7, 11) is 0. The van der Waals surface area contributed by atoms with Gasteiger partial charge in [0.05, 0.1) is 12.1 Å². The molecule has 1 atom stereocenters. The van der Waals surface area contributed by atoms with Crippen molar-refractivity contribution >= 4 is 33.5 Å². The van der Waals surface area contributed by atoms with Gasteiger partial charge in [0.15, 0.2) is 6.10 Å². The average Bonchev–Trinajstić information content (AvgIpc) is 2.52. The number of esters is 1. The number of ether oxygens (including phenoxy) is 1. The highest BCUT2D eigenvalue weighted by Gasteiger charge is 2.20. The zero-order valence-electron chi connectivity index (χ0n) is 12.7. The molecule has 4 nitrogen and oxygen atoms in total. The van der Waals surface area contributed by atoms with Crippen LogP contribution in [-0.2, 0) is 20.7 Å². The number of carbonyl (C=O) groups excluding carboxylic acids is 2. The minimum absolute atomic E-state index is 0.0276. The number of halogens is 3. The second-order valence-electron chi connectivity index (χ2n) is 5.01. The molecule has 0 fully saturated rings. The maximum Gasteiger partial charge on any atom is 0.311 e. The highest BCUT2D eigenvalue weighted by atomic mass is 79.9. The Morgan fingerprint density at radius 1 is 1.17 bits per heavy atom. The molecule has 7 heteroatoms. The van der Waals surface area contributed by atoms with E-state index in [9.17, 15) is 18.4 Å². The first-order valence-corrected chi connectivity index (χ1v) is 7.85. The number of benzene rings is 2. The van der Waals surface area contributed by atoms with Crippen molar-refractivity contribution in [1.82, 2.24) is 0 Å². The van der Waals surface area contributed by atoms with Gasteiger partial charge in [-0.15, -0.1) is 0 Å². The van der Waals surface area contributed by atoms with Crippen molar-refractivity contribution in [2.75, 3.05) is 5.32 Å². The second-order valence-corrected chi connectivity index (χ2v) is 5.93. The third kappa shape index (κ3) is 4.86. The highest BCUT2D eigenvalue weighted by molar-refractivity contribution is 9.10. The predicted octanol–water partition coefficient (Wildman–Crippen LogP) is 3.84. The molecule has 2 rings (SSSR count). The molecule has 0 radical (unpaired) electrons. The van der Waals surface area contributed by atoms with Crippen LogP contribution >= 0.6 is 15.9 Å². The molecule has 0 unspecified atom stereocenters. The fourth-order valence-corrected chi connectivity index (χ4v) is 2.25. The first kappa shape index (κ1) is 18.1. The number of hydrogen-bond acceptors (Lipinski definition) is 3. The Bertz CT molecular complexity index is 767. The predicted molar refractivity (Wildman–Crippen MR) is 88.4 cm³/mol. The van der Waals surface area contributed by atoms with E-state index < -0.39 is 29.6 Å². The number of carbonyl (C=O) groups is 2. The SMILES string of the molecule is C[C@H](OC(=O)Cc1ccccc1F)C(=O)Nc1ccc(Br)cc1F. The van der Waals surface area contributed by atoms with Crippen LogP contribution in [-0.4, -0.2) is 18.0 Å². The summed E-state index contributed by atoms with van der Waals surface area (Å²) in [5.41, 5.74) is 0.147. The van der Waals surface area contributed by atoms with E-state index in [2.05, 4.69) is 21.2 Å². The van der Waals surface area contributed by atoms with Gasteiger partial charge in [0, 0.05) is 4.47 Å². The summed E-state index contributed by atoms with van der Waals surface area (Å²) in [6, 6.07) is 9.93. The van der Waals surface area contributed by atoms with Crippen molar-refractivity contribution < 1.29 is 23.1 Å². The van der Waals surface area contributed by atoms with Crippen molar-refractivity contribution in [3.8, 4) is 0 Å². The fraction of sp³-hybridized carbons (Fsp3) is 0.176. The van der Waals surface area contributed by atoms with E-state index in [4.69, 9.17) is 4.74 Å². The average molecular weight is 398 g/mol. The van der Waals surface area contributed by atoms with E-state index in [0.717, 1.165) is 0 Å².